The lowest BCUT2D eigenvalue weighted by atomic mass is 10.1. The van der Waals surface area contributed by atoms with Gasteiger partial charge in [0.25, 0.3) is 5.91 Å². The molecule has 0 spiro atoms. The molecule has 1 aromatic rings. The van der Waals surface area contributed by atoms with Crippen LogP contribution < -0.4 is 10.6 Å². The SMILES string of the molecule is CCc1ccc(C(=O)N[C@H]2CCNC2)cc1. The van der Waals surface area contributed by atoms with E-state index in [2.05, 4.69) is 17.6 Å². The van der Waals surface area contributed by atoms with Gasteiger partial charge in [0.1, 0.15) is 0 Å². The third kappa shape index (κ3) is 2.61. The van der Waals surface area contributed by atoms with Crippen molar-refractivity contribution >= 4 is 5.91 Å². The topological polar surface area (TPSA) is 41.1 Å². The van der Waals surface area contributed by atoms with Gasteiger partial charge in [-0.3, -0.25) is 4.79 Å². The fraction of sp³-hybridized carbons (Fsp3) is 0.462. The van der Waals surface area contributed by atoms with Crippen LogP contribution in [0.5, 0.6) is 0 Å². The molecule has 1 saturated heterocycles. The molecule has 0 saturated carbocycles. The Labute approximate surface area is 96.2 Å². The van der Waals surface area contributed by atoms with Crippen LogP contribution >= 0.6 is 0 Å². The summed E-state index contributed by atoms with van der Waals surface area (Å²) in [6.45, 7) is 4.00. The first kappa shape index (κ1) is 11.1. The molecule has 1 heterocycles. The molecule has 86 valence electrons. The van der Waals surface area contributed by atoms with Crippen LogP contribution in [0.3, 0.4) is 0 Å². The number of amides is 1. The molecule has 1 fully saturated rings. The second-order valence-corrected chi connectivity index (χ2v) is 4.21. The zero-order valence-corrected chi connectivity index (χ0v) is 9.62. The van der Waals surface area contributed by atoms with Crippen molar-refractivity contribution in [3.63, 3.8) is 0 Å². The Hall–Kier alpha value is -1.35. The molecule has 3 nitrogen and oxygen atoms in total. The van der Waals surface area contributed by atoms with E-state index in [-0.39, 0.29) is 5.91 Å². The summed E-state index contributed by atoms with van der Waals surface area (Å²) in [6, 6.07) is 8.12. The summed E-state index contributed by atoms with van der Waals surface area (Å²) in [4.78, 5) is 11.9. The molecular weight excluding hydrogens is 200 g/mol. The highest BCUT2D eigenvalue weighted by Gasteiger charge is 2.17. The van der Waals surface area contributed by atoms with Crippen molar-refractivity contribution in [3.8, 4) is 0 Å². The Balaban J connectivity index is 1.97. The summed E-state index contributed by atoms with van der Waals surface area (Å²) in [5.41, 5.74) is 2.02. The molecule has 0 unspecified atom stereocenters. The third-order valence-electron chi connectivity index (χ3n) is 3.02. The number of hydrogen-bond acceptors (Lipinski definition) is 2. The fourth-order valence-corrected chi connectivity index (χ4v) is 1.94. The van der Waals surface area contributed by atoms with E-state index in [4.69, 9.17) is 0 Å². The van der Waals surface area contributed by atoms with Crippen LogP contribution in [0.15, 0.2) is 24.3 Å². The van der Waals surface area contributed by atoms with E-state index >= 15 is 0 Å². The predicted octanol–water partition coefficient (Wildman–Crippen LogP) is 1.34. The van der Waals surface area contributed by atoms with Gasteiger partial charge in [-0.2, -0.15) is 0 Å². The van der Waals surface area contributed by atoms with Crippen molar-refractivity contribution in [2.75, 3.05) is 13.1 Å². The standard InChI is InChI=1S/C13H18N2O/c1-2-10-3-5-11(6-4-10)13(16)15-12-7-8-14-9-12/h3-6,12,14H,2,7-9H2,1H3,(H,15,16)/t12-/m0/s1. The minimum atomic E-state index is 0.0383. The smallest absolute Gasteiger partial charge is 0.251 e. The van der Waals surface area contributed by atoms with Gasteiger partial charge in [-0.05, 0) is 37.1 Å². The van der Waals surface area contributed by atoms with Crippen LogP contribution in [0.4, 0.5) is 0 Å². The molecule has 0 radical (unpaired) electrons. The van der Waals surface area contributed by atoms with Gasteiger partial charge in [0, 0.05) is 18.2 Å². The number of carbonyl (C=O) groups is 1. The zero-order chi connectivity index (χ0) is 11.4. The van der Waals surface area contributed by atoms with Crippen LogP contribution in [0, 0.1) is 0 Å². The highest BCUT2D eigenvalue weighted by Crippen LogP contribution is 2.06. The number of benzene rings is 1. The lowest BCUT2D eigenvalue weighted by Crippen LogP contribution is -2.36. The van der Waals surface area contributed by atoms with E-state index < -0.39 is 0 Å². The Morgan fingerprint density at radius 2 is 2.19 bits per heavy atom. The number of aryl methyl sites for hydroxylation is 1. The van der Waals surface area contributed by atoms with Crippen molar-refractivity contribution in [1.29, 1.82) is 0 Å². The predicted molar refractivity (Wildman–Crippen MR) is 64.6 cm³/mol. The highest BCUT2D eigenvalue weighted by molar-refractivity contribution is 5.94. The zero-order valence-electron chi connectivity index (χ0n) is 9.62. The molecule has 1 atom stereocenters. The number of hydrogen-bond donors (Lipinski definition) is 2. The minimum Gasteiger partial charge on any atom is -0.348 e. The lowest BCUT2D eigenvalue weighted by Gasteiger charge is -2.11. The summed E-state index contributed by atoms with van der Waals surface area (Å²) in [7, 11) is 0. The second-order valence-electron chi connectivity index (χ2n) is 4.21. The first-order chi connectivity index (χ1) is 7.79. The number of carbonyl (C=O) groups excluding carboxylic acids is 1. The van der Waals surface area contributed by atoms with Crippen LogP contribution in [0.1, 0.15) is 29.3 Å². The van der Waals surface area contributed by atoms with Gasteiger partial charge in [-0.1, -0.05) is 19.1 Å². The van der Waals surface area contributed by atoms with Gasteiger partial charge < -0.3 is 10.6 Å². The summed E-state index contributed by atoms with van der Waals surface area (Å²) >= 11 is 0. The van der Waals surface area contributed by atoms with E-state index in [9.17, 15) is 4.79 Å². The molecule has 3 heteroatoms. The molecule has 0 bridgehead atoms. The van der Waals surface area contributed by atoms with Crippen molar-refractivity contribution in [1.82, 2.24) is 10.6 Å². The van der Waals surface area contributed by atoms with E-state index in [0.717, 1.165) is 31.5 Å². The average molecular weight is 218 g/mol. The fourth-order valence-electron chi connectivity index (χ4n) is 1.94. The highest BCUT2D eigenvalue weighted by atomic mass is 16.1. The van der Waals surface area contributed by atoms with E-state index in [1.54, 1.807) is 0 Å². The van der Waals surface area contributed by atoms with Crippen LogP contribution in [0.25, 0.3) is 0 Å². The molecule has 2 rings (SSSR count). The monoisotopic (exact) mass is 218 g/mol. The second kappa shape index (κ2) is 5.12. The van der Waals surface area contributed by atoms with Gasteiger partial charge in [-0.15, -0.1) is 0 Å². The lowest BCUT2D eigenvalue weighted by molar-refractivity contribution is 0.0940. The average Bonchev–Trinajstić information content (AvgIpc) is 2.82. The van der Waals surface area contributed by atoms with E-state index in [0.29, 0.717) is 6.04 Å². The molecule has 1 aliphatic rings. The quantitative estimate of drug-likeness (QED) is 0.804. The maximum atomic E-state index is 11.9. The molecule has 16 heavy (non-hydrogen) atoms. The molecule has 1 aliphatic heterocycles. The van der Waals surface area contributed by atoms with Crippen LogP contribution in [-0.4, -0.2) is 25.0 Å². The first-order valence-electron chi connectivity index (χ1n) is 5.90. The van der Waals surface area contributed by atoms with Gasteiger partial charge in [0.05, 0.1) is 0 Å². The maximum absolute atomic E-state index is 11.9. The first-order valence-corrected chi connectivity index (χ1v) is 5.90. The van der Waals surface area contributed by atoms with Crippen LogP contribution in [-0.2, 0) is 6.42 Å². The Bertz CT molecular complexity index is 353. The Morgan fingerprint density at radius 1 is 1.44 bits per heavy atom. The summed E-state index contributed by atoms with van der Waals surface area (Å²) in [6.07, 6.45) is 2.03. The van der Waals surface area contributed by atoms with Gasteiger partial charge in [-0.25, -0.2) is 0 Å². The minimum absolute atomic E-state index is 0.0383. The van der Waals surface area contributed by atoms with Gasteiger partial charge >= 0.3 is 0 Å². The molecular formula is C13H18N2O. The maximum Gasteiger partial charge on any atom is 0.251 e. The van der Waals surface area contributed by atoms with Gasteiger partial charge in [0.2, 0.25) is 0 Å². The van der Waals surface area contributed by atoms with Crippen molar-refractivity contribution in [2.24, 2.45) is 0 Å². The molecule has 1 amide bonds. The number of nitrogens with one attached hydrogen (secondary N) is 2. The summed E-state index contributed by atoms with van der Waals surface area (Å²) in [5.74, 6) is 0.0383. The summed E-state index contributed by atoms with van der Waals surface area (Å²) in [5, 5.41) is 6.26. The molecule has 1 aromatic carbocycles. The van der Waals surface area contributed by atoms with Crippen molar-refractivity contribution < 1.29 is 4.79 Å². The molecule has 2 N–H and O–H groups in total. The molecule has 0 aliphatic carbocycles. The molecule has 0 aromatic heterocycles. The van der Waals surface area contributed by atoms with Crippen molar-refractivity contribution in [3.05, 3.63) is 35.4 Å². The Morgan fingerprint density at radius 3 is 2.75 bits per heavy atom. The van der Waals surface area contributed by atoms with E-state index in [1.165, 1.54) is 5.56 Å². The Kier molecular flexibility index (Phi) is 3.57. The van der Waals surface area contributed by atoms with Gasteiger partial charge in [0.15, 0.2) is 0 Å². The van der Waals surface area contributed by atoms with Crippen molar-refractivity contribution in [2.45, 2.75) is 25.8 Å². The van der Waals surface area contributed by atoms with Crippen LogP contribution in [0.2, 0.25) is 0 Å². The normalized spacial score (nSPS) is 19.7. The van der Waals surface area contributed by atoms with E-state index in [1.807, 2.05) is 24.3 Å². The number of rotatable bonds is 3. The largest absolute Gasteiger partial charge is 0.348 e. The third-order valence-corrected chi connectivity index (χ3v) is 3.02. The summed E-state index contributed by atoms with van der Waals surface area (Å²) < 4.78 is 0.